The first-order chi connectivity index (χ1) is 8.60. The highest BCUT2D eigenvalue weighted by Gasteiger charge is 2.07. The van der Waals surface area contributed by atoms with E-state index < -0.39 is 0 Å². The Kier molecular flexibility index (Phi) is 3.66. The molecule has 7 heteroatoms. The molecule has 2 aromatic rings. The zero-order valence-corrected chi connectivity index (χ0v) is 11.1. The van der Waals surface area contributed by atoms with Gasteiger partial charge in [0.25, 0.3) is 0 Å². The topological polar surface area (TPSA) is 81.7 Å². The second-order valence-electron chi connectivity index (χ2n) is 3.92. The second kappa shape index (κ2) is 5.22. The highest BCUT2D eigenvalue weighted by Crippen LogP contribution is 2.17. The van der Waals surface area contributed by atoms with Crippen LogP contribution >= 0.6 is 11.6 Å². The smallest absolute Gasteiger partial charge is 0.224 e. The van der Waals surface area contributed by atoms with Gasteiger partial charge in [-0.05, 0) is 18.0 Å². The summed E-state index contributed by atoms with van der Waals surface area (Å²) in [7, 11) is 1.90. The molecule has 18 heavy (non-hydrogen) atoms. The Morgan fingerprint density at radius 3 is 3.00 bits per heavy atom. The number of rotatable bonds is 4. The van der Waals surface area contributed by atoms with Crippen molar-refractivity contribution in [1.82, 2.24) is 19.7 Å². The zero-order chi connectivity index (χ0) is 13.1. The van der Waals surface area contributed by atoms with Crippen LogP contribution in [0.15, 0.2) is 12.4 Å². The summed E-state index contributed by atoms with van der Waals surface area (Å²) in [5.41, 5.74) is 8.41. The maximum Gasteiger partial charge on any atom is 0.224 e. The van der Waals surface area contributed by atoms with Crippen LogP contribution in [0.4, 0.5) is 11.5 Å². The van der Waals surface area contributed by atoms with Crippen molar-refractivity contribution in [2.24, 2.45) is 7.05 Å². The van der Waals surface area contributed by atoms with Gasteiger partial charge in [0.15, 0.2) is 5.82 Å². The van der Waals surface area contributed by atoms with E-state index in [9.17, 15) is 0 Å². The molecule has 0 fully saturated rings. The molecule has 2 aromatic heterocycles. The van der Waals surface area contributed by atoms with E-state index in [1.807, 2.05) is 13.2 Å². The third-order valence-electron chi connectivity index (χ3n) is 2.56. The summed E-state index contributed by atoms with van der Waals surface area (Å²) in [6.07, 6.45) is 4.35. The minimum Gasteiger partial charge on any atom is -0.394 e. The predicted molar refractivity (Wildman–Crippen MR) is 71.4 cm³/mol. The molecule has 0 aliphatic rings. The predicted octanol–water partition coefficient (Wildman–Crippen LogP) is 1.62. The summed E-state index contributed by atoms with van der Waals surface area (Å²) >= 11 is 5.73. The monoisotopic (exact) mass is 266 g/mol. The quantitative estimate of drug-likeness (QED) is 0.822. The van der Waals surface area contributed by atoms with Crippen molar-refractivity contribution in [1.29, 1.82) is 0 Å². The van der Waals surface area contributed by atoms with Gasteiger partial charge in [-0.2, -0.15) is 10.1 Å². The summed E-state index contributed by atoms with van der Waals surface area (Å²) in [5, 5.41) is 7.69. The van der Waals surface area contributed by atoms with E-state index in [0.29, 0.717) is 18.1 Å². The number of hydrogen-bond acceptors (Lipinski definition) is 5. The first kappa shape index (κ1) is 12.6. The lowest BCUT2D eigenvalue weighted by Crippen LogP contribution is -2.06. The van der Waals surface area contributed by atoms with Crippen LogP contribution in [-0.2, 0) is 20.0 Å². The van der Waals surface area contributed by atoms with E-state index in [2.05, 4.69) is 27.3 Å². The molecule has 0 aromatic carbocycles. The average Bonchev–Trinajstić information content (AvgIpc) is 2.71. The van der Waals surface area contributed by atoms with Crippen LogP contribution in [0, 0.1) is 0 Å². The lowest BCUT2D eigenvalue weighted by molar-refractivity contribution is 0.746. The molecule has 96 valence electrons. The SMILES string of the molecule is CCc1nn(C)cc1CNc1nc(Cl)ncc1N. The molecule has 2 heterocycles. The standard InChI is InChI=1S/C11H15ClN6/c1-3-9-7(6-18(2)17-9)4-14-10-8(13)5-15-11(12)16-10/h5-6H,3-4,13H2,1-2H3,(H,14,15,16). The number of aromatic nitrogens is 4. The normalized spacial score (nSPS) is 10.6. The molecule has 0 unspecified atom stereocenters. The molecule has 3 N–H and O–H groups in total. The summed E-state index contributed by atoms with van der Waals surface area (Å²) < 4.78 is 1.80. The Hall–Kier alpha value is -1.82. The number of nitrogen functional groups attached to an aromatic ring is 1. The van der Waals surface area contributed by atoms with E-state index in [-0.39, 0.29) is 5.28 Å². The van der Waals surface area contributed by atoms with Crippen molar-refractivity contribution in [2.45, 2.75) is 19.9 Å². The van der Waals surface area contributed by atoms with Gasteiger partial charge in [-0.25, -0.2) is 4.98 Å². The summed E-state index contributed by atoms with van der Waals surface area (Å²) in [6, 6.07) is 0. The van der Waals surface area contributed by atoms with Gasteiger partial charge < -0.3 is 11.1 Å². The number of anilines is 2. The van der Waals surface area contributed by atoms with Crippen LogP contribution in [0.1, 0.15) is 18.2 Å². The van der Waals surface area contributed by atoms with Crippen molar-refractivity contribution in [3.05, 3.63) is 28.9 Å². The van der Waals surface area contributed by atoms with Gasteiger partial charge in [0.2, 0.25) is 5.28 Å². The van der Waals surface area contributed by atoms with Crippen molar-refractivity contribution < 1.29 is 0 Å². The summed E-state index contributed by atoms with van der Waals surface area (Å²) in [5.74, 6) is 0.543. The first-order valence-corrected chi connectivity index (χ1v) is 6.01. The van der Waals surface area contributed by atoms with Crippen molar-refractivity contribution in [3.63, 3.8) is 0 Å². The molecule has 2 rings (SSSR count). The Morgan fingerprint density at radius 1 is 1.50 bits per heavy atom. The Balaban J connectivity index is 2.13. The van der Waals surface area contributed by atoms with E-state index in [0.717, 1.165) is 17.7 Å². The first-order valence-electron chi connectivity index (χ1n) is 5.63. The maximum atomic E-state index is 5.76. The molecule has 0 saturated heterocycles. The van der Waals surface area contributed by atoms with E-state index in [1.165, 1.54) is 6.20 Å². The largest absolute Gasteiger partial charge is 0.394 e. The van der Waals surface area contributed by atoms with Gasteiger partial charge in [0.1, 0.15) is 0 Å². The Morgan fingerprint density at radius 2 is 2.28 bits per heavy atom. The van der Waals surface area contributed by atoms with Gasteiger partial charge in [-0.1, -0.05) is 6.92 Å². The van der Waals surface area contributed by atoms with Crippen LogP contribution in [-0.4, -0.2) is 19.7 Å². The summed E-state index contributed by atoms with van der Waals surface area (Å²) in [6.45, 7) is 2.68. The molecular weight excluding hydrogens is 252 g/mol. The fourth-order valence-electron chi connectivity index (χ4n) is 1.72. The van der Waals surface area contributed by atoms with Gasteiger partial charge in [0, 0.05) is 25.4 Å². The fourth-order valence-corrected chi connectivity index (χ4v) is 1.85. The third-order valence-corrected chi connectivity index (χ3v) is 2.74. The molecule has 0 aliphatic carbocycles. The average molecular weight is 267 g/mol. The maximum absolute atomic E-state index is 5.76. The van der Waals surface area contributed by atoms with Crippen molar-refractivity contribution in [2.75, 3.05) is 11.1 Å². The lowest BCUT2D eigenvalue weighted by atomic mass is 10.2. The van der Waals surface area contributed by atoms with Crippen LogP contribution < -0.4 is 11.1 Å². The van der Waals surface area contributed by atoms with Crippen LogP contribution in [0.5, 0.6) is 0 Å². The number of nitrogens with one attached hydrogen (secondary N) is 1. The lowest BCUT2D eigenvalue weighted by Gasteiger charge is -2.07. The molecular formula is C11H15ClN6. The van der Waals surface area contributed by atoms with Crippen LogP contribution in [0.2, 0.25) is 5.28 Å². The Labute approximate surface area is 110 Å². The molecule has 6 nitrogen and oxygen atoms in total. The van der Waals surface area contributed by atoms with Crippen molar-refractivity contribution in [3.8, 4) is 0 Å². The van der Waals surface area contributed by atoms with E-state index in [1.54, 1.807) is 4.68 Å². The van der Waals surface area contributed by atoms with Crippen LogP contribution in [0.3, 0.4) is 0 Å². The third kappa shape index (κ3) is 2.70. The highest BCUT2D eigenvalue weighted by atomic mass is 35.5. The molecule has 0 amide bonds. The minimum atomic E-state index is 0.175. The Bertz CT molecular complexity index is 550. The molecule has 0 radical (unpaired) electrons. The number of nitrogens with two attached hydrogens (primary N) is 1. The second-order valence-corrected chi connectivity index (χ2v) is 4.26. The van der Waals surface area contributed by atoms with Crippen LogP contribution in [0.25, 0.3) is 0 Å². The van der Waals surface area contributed by atoms with Gasteiger partial charge in [0.05, 0.1) is 17.6 Å². The number of nitrogens with zero attached hydrogens (tertiary/aromatic N) is 4. The van der Waals surface area contributed by atoms with Crippen molar-refractivity contribution >= 4 is 23.1 Å². The van der Waals surface area contributed by atoms with E-state index in [4.69, 9.17) is 17.3 Å². The van der Waals surface area contributed by atoms with E-state index >= 15 is 0 Å². The molecule has 0 spiro atoms. The minimum absolute atomic E-state index is 0.175. The van der Waals surface area contributed by atoms with Gasteiger partial charge in [-0.15, -0.1) is 0 Å². The fraction of sp³-hybridized carbons (Fsp3) is 0.364. The molecule has 0 atom stereocenters. The number of aryl methyl sites for hydroxylation is 2. The molecule has 0 bridgehead atoms. The summed E-state index contributed by atoms with van der Waals surface area (Å²) in [4.78, 5) is 7.85. The molecule has 0 aliphatic heterocycles. The van der Waals surface area contributed by atoms with Gasteiger partial charge >= 0.3 is 0 Å². The molecule has 0 saturated carbocycles. The zero-order valence-electron chi connectivity index (χ0n) is 10.3. The highest BCUT2D eigenvalue weighted by molar-refractivity contribution is 6.28. The number of hydrogen-bond donors (Lipinski definition) is 2. The number of halogens is 1. The van der Waals surface area contributed by atoms with Gasteiger partial charge in [-0.3, -0.25) is 4.68 Å².